The zero-order valence-corrected chi connectivity index (χ0v) is 17.4. The molecule has 0 saturated carbocycles. The molecule has 4 rings (SSSR count). The van der Waals surface area contributed by atoms with Gasteiger partial charge in [0.15, 0.2) is 16.6 Å². The molecule has 8 heteroatoms. The number of hydrogen-bond acceptors (Lipinski definition) is 7. The van der Waals surface area contributed by atoms with Crippen LogP contribution in [0.3, 0.4) is 0 Å². The van der Waals surface area contributed by atoms with Gasteiger partial charge < -0.3 is 19.7 Å². The van der Waals surface area contributed by atoms with Crippen LogP contribution in [0.25, 0.3) is 10.3 Å². The second-order valence-electron chi connectivity index (χ2n) is 6.98. The van der Waals surface area contributed by atoms with Gasteiger partial charge in [-0.05, 0) is 31.0 Å². The van der Waals surface area contributed by atoms with Gasteiger partial charge in [0, 0.05) is 31.4 Å². The predicted octanol–water partition coefficient (Wildman–Crippen LogP) is 3.24. The molecule has 1 atom stereocenters. The highest BCUT2D eigenvalue weighted by Crippen LogP contribution is 2.32. The number of benzene rings is 1. The number of fused-ring (bicyclic) bond motifs is 1. The molecule has 7 nitrogen and oxygen atoms in total. The second kappa shape index (κ2) is 8.65. The predicted molar refractivity (Wildman–Crippen MR) is 114 cm³/mol. The number of amides is 1. The number of thiazole rings is 1. The molecule has 0 bridgehead atoms. The number of nitrogens with zero attached hydrogens (tertiary/aromatic N) is 3. The topological polar surface area (TPSA) is 76.6 Å². The summed E-state index contributed by atoms with van der Waals surface area (Å²) in [7, 11) is 3.21. The van der Waals surface area contributed by atoms with Crippen molar-refractivity contribution in [2.24, 2.45) is 5.92 Å². The van der Waals surface area contributed by atoms with Gasteiger partial charge in [0.2, 0.25) is 5.91 Å². The minimum Gasteiger partial charge on any atom is -0.493 e. The Hall–Kier alpha value is -2.87. The van der Waals surface area contributed by atoms with E-state index in [1.807, 2.05) is 30.3 Å². The van der Waals surface area contributed by atoms with Crippen LogP contribution in [0.15, 0.2) is 36.5 Å². The quantitative estimate of drug-likeness (QED) is 0.670. The normalized spacial score (nSPS) is 16.6. The number of hydrogen-bond donors (Lipinski definition) is 1. The van der Waals surface area contributed by atoms with Crippen molar-refractivity contribution in [2.75, 3.05) is 32.2 Å². The van der Waals surface area contributed by atoms with E-state index in [0.717, 1.165) is 40.4 Å². The lowest BCUT2D eigenvalue weighted by atomic mass is 9.97. The summed E-state index contributed by atoms with van der Waals surface area (Å²) in [5, 5.41) is 4.00. The Morgan fingerprint density at radius 1 is 1.28 bits per heavy atom. The summed E-state index contributed by atoms with van der Waals surface area (Å²) in [4.78, 5) is 25.0. The van der Waals surface area contributed by atoms with Crippen LogP contribution >= 0.6 is 11.3 Å². The van der Waals surface area contributed by atoms with Crippen LogP contribution < -0.4 is 19.7 Å². The fourth-order valence-corrected chi connectivity index (χ4v) is 4.62. The largest absolute Gasteiger partial charge is 0.493 e. The summed E-state index contributed by atoms with van der Waals surface area (Å²) in [6.07, 6.45) is 3.62. The molecule has 1 saturated heterocycles. The standard InChI is InChI=1S/C21H24N4O3S/c1-27-17-9-3-6-14(18(17)28-2)12-23-19(26)15-7-5-11-25(13-15)21-24-16-8-4-10-22-20(16)29-21/h3-4,6,8-10,15H,5,7,11-13H2,1-2H3,(H,23,26)/t15-/m0/s1. The van der Waals surface area contributed by atoms with Crippen LogP contribution in [-0.4, -0.2) is 43.2 Å². The van der Waals surface area contributed by atoms with E-state index < -0.39 is 0 Å². The molecule has 0 unspecified atom stereocenters. The first-order valence-electron chi connectivity index (χ1n) is 9.63. The average molecular weight is 413 g/mol. The van der Waals surface area contributed by atoms with Crippen molar-refractivity contribution < 1.29 is 14.3 Å². The number of methoxy groups -OCH3 is 2. The molecule has 2 aromatic heterocycles. The molecule has 3 aromatic rings. The summed E-state index contributed by atoms with van der Waals surface area (Å²) in [5.74, 6) is 1.30. The number of ether oxygens (including phenoxy) is 2. The number of piperidine rings is 1. The number of anilines is 1. The lowest BCUT2D eigenvalue weighted by Crippen LogP contribution is -2.43. The van der Waals surface area contributed by atoms with Gasteiger partial charge in [-0.1, -0.05) is 23.5 Å². The van der Waals surface area contributed by atoms with Crippen molar-refractivity contribution in [3.63, 3.8) is 0 Å². The summed E-state index contributed by atoms with van der Waals surface area (Å²) in [5.41, 5.74) is 1.80. The van der Waals surface area contributed by atoms with E-state index in [4.69, 9.17) is 9.47 Å². The molecular formula is C21H24N4O3S. The van der Waals surface area contributed by atoms with Crippen molar-refractivity contribution in [1.29, 1.82) is 0 Å². The maximum Gasteiger partial charge on any atom is 0.225 e. The van der Waals surface area contributed by atoms with E-state index in [0.29, 0.717) is 24.6 Å². The van der Waals surface area contributed by atoms with Crippen LogP contribution in [0.2, 0.25) is 0 Å². The molecule has 1 N–H and O–H groups in total. The van der Waals surface area contributed by atoms with Gasteiger partial charge in [0.1, 0.15) is 10.3 Å². The lowest BCUT2D eigenvalue weighted by Gasteiger charge is -2.31. The number of pyridine rings is 1. The van der Waals surface area contributed by atoms with Crippen molar-refractivity contribution >= 4 is 32.7 Å². The molecule has 1 amide bonds. The van der Waals surface area contributed by atoms with Crippen LogP contribution in [0.5, 0.6) is 11.5 Å². The van der Waals surface area contributed by atoms with Crippen LogP contribution in [-0.2, 0) is 11.3 Å². The third kappa shape index (κ3) is 4.12. The fraction of sp³-hybridized carbons (Fsp3) is 0.381. The number of para-hydroxylation sites is 1. The van der Waals surface area contributed by atoms with Crippen molar-refractivity contribution in [2.45, 2.75) is 19.4 Å². The molecule has 1 aliphatic rings. The van der Waals surface area contributed by atoms with Crippen LogP contribution in [0.1, 0.15) is 18.4 Å². The average Bonchev–Trinajstić information content (AvgIpc) is 3.21. The van der Waals surface area contributed by atoms with Gasteiger partial charge in [-0.15, -0.1) is 0 Å². The Morgan fingerprint density at radius 3 is 2.97 bits per heavy atom. The Balaban J connectivity index is 1.41. The minimum absolute atomic E-state index is 0.0545. The first-order chi connectivity index (χ1) is 14.2. The van der Waals surface area contributed by atoms with E-state index in [1.54, 1.807) is 31.8 Å². The SMILES string of the molecule is COc1cccc(CNC(=O)[C@H]2CCCN(c3nc4cccnc4s3)C2)c1OC. The molecule has 152 valence electrons. The third-order valence-electron chi connectivity index (χ3n) is 5.16. The first kappa shape index (κ1) is 19.4. The smallest absolute Gasteiger partial charge is 0.225 e. The van der Waals surface area contributed by atoms with E-state index in [2.05, 4.69) is 20.2 Å². The molecule has 0 radical (unpaired) electrons. The van der Waals surface area contributed by atoms with Gasteiger partial charge in [0.25, 0.3) is 0 Å². The second-order valence-corrected chi connectivity index (χ2v) is 7.94. The molecule has 0 spiro atoms. The van der Waals surface area contributed by atoms with Gasteiger partial charge >= 0.3 is 0 Å². The summed E-state index contributed by atoms with van der Waals surface area (Å²) >= 11 is 1.58. The monoisotopic (exact) mass is 412 g/mol. The molecular weight excluding hydrogens is 388 g/mol. The Morgan fingerprint density at radius 2 is 2.17 bits per heavy atom. The number of aromatic nitrogens is 2. The number of carbonyl (C=O) groups excluding carboxylic acids is 1. The maximum absolute atomic E-state index is 12.8. The van der Waals surface area contributed by atoms with Crippen LogP contribution in [0, 0.1) is 5.92 Å². The van der Waals surface area contributed by atoms with E-state index in [9.17, 15) is 4.79 Å². The van der Waals surface area contributed by atoms with Crippen molar-refractivity contribution in [1.82, 2.24) is 15.3 Å². The minimum atomic E-state index is -0.0691. The van der Waals surface area contributed by atoms with E-state index >= 15 is 0 Å². The van der Waals surface area contributed by atoms with Gasteiger partial charge in [-0.3, -0.25) is 4.79 Å². The van der Waals surface area contributed by atoms with Gasteiger partial charge in [-0.2, -0.15) is 0 Å². The number of nitrogens with one attached hydrogen (secondary N) is 1. The Labute approximate surface area is 173 Å². The summed E-state index contributed by atoms with van der Waals surface area (Å²) in [6, 6.07) is 9.54. The highest BCUT2D eigenvalue weighted by molar-refractivity contribution is 7.21. The van der Waals surface area contributed by atoms with E-state index in [-0.39, 0.29) is 11.8 Å². The highest BCUT2D eigenvalue weighted by Gasteiger charge is 2.27. The number of rotatable bonds is 6. The first-order valence-corrected chi connectivity index (χ1v) is 10.5. The highest BCUT2D eigenvalue weighted by atomic mass is 32.1. The van der Waals surface area contributed by atoms with Crippen molar-refractivity contribution in [3.05, 3.63) is 42.1 Å². The molecule has 3 heterocycles. The Kier molecular flexibility index (Phi) is 5.80. The lowest BCUT2D eigenvalue weighted by molar-refractivity contribution is -0.125. The molecule has 1 aromatic carbocycles. The molecule has 0 aliphatic carbocycles. The summed E-state index contributed by atoms with van der Waals surface area (Å²) < 4.78 is 10.8. The zero-order chi connectivity index (χ0) is 20.2. The Bertz CT molecular complexity index is 974. The van der Waals surface area contributed by atoms with Gasteiger partial charge in [0.05, 0.1) is 20.1 Å². The van der Waals surface area contributed by atoms with E-state index in [1.165, 1.54) is 0 Å². The number of carbonyl (C=O) groups is 1. The molecule has 1 fully saturated rings. The fourth-order valence-electron chi connectivity index (χ4n) is 3.68. The van der Waals surface area contributed by atoms with Gasteiger partial charge in [-0.25, -0.2) is 9.97 Å². The molecule has 29 heavy (non-hydrogen) atoms. The zero-order valence-electron chi connectivity index (χ0n) is 16.6. The third-order valence-corrected chi connectivity index (χ3v) is 6.20. The van der Waals surface area contributed by atoms with Crippen LogP contribution in [0.4, 0.5) is 5.13 Å². The van der Waals surface area contributed by atoms with Crippen molar-refractivity contribution in [3.8, 4) is 11.5 Å². The molecule has 1 aliphatic heterocycles. The summed E-state index contributed by atoms with van der Waals surface area (Å²) in [6.45, 7) is 1.98. The maximum atomic E-state index is 12.8.